The lowest BCUT2D eigenvalue weighted by Crippen LogP contribution is -2.24. The molecule has 0 bridgehead atoms. The molecule has 1 saturated carbocycles. The molecule has 0 saturated heterocycles. The van der Waals surface area contributed by atoms with Crippen LogP contribution in [0.3, 0.4) is 0 Å². The standard InChI is InChI=1S/C18H21NO3/c1-2-21-18(20)16(12-19)9-8-15-10-17(11-15)22-13-14-6-4-3-5-7-14/h3-8,16-17H,2,9-11,13H2,1H3. The molecule has 0 aromatic heterocycles. The Bertz CT molecular complexity index is 551. The first-order valence-corrected chi connectivity index (χ1v) is 7.62. The molecule has 2 rings (SSSR count). The van der Waals surface area contributed by atoms with Gasteiger partial charge in [0.05, 0.1) is 25.4 Å². The average molecular weight is 299 g/mol. The number of nitriles is 1. The van der Waals surface area contributed by atoms with Crippen LogP contribution < -0.4 is 0 Å². The van der Waals surface area contributed by atoms with Crippen molar-refractivity contribution in [3.05, 3.63) is 47.5 Å². The van der Waals surface area contributed by atoms with Gasteiger partial charge in [0.15, 0.2) is 0 Å². The van der Waals surface area contributed by atoms with Crippen LogP contribution in [0.25, 0.3) is 0 Å². The minimum Gasteiger partial charge on any atom is -0.465 e. The molecule has 0 heterocycles. The summed E-state index contributed by atoms with van der Waals surface area (Å²) in [6, 6.07) is 12.1. The number of ether oxygens (including phenoxy) is 2. The van der Waals surface area contributed by atoms with Gasteiger partial charge in [-0.15, -0.1) is 0 Å². The van der Waals surface area contributed by atoms with Crippen molar-refractivity contribution in [1.29, 1.82) is 5.26 Å². The number of carbonyl (C=O) groups excluding carboxylic acids is 1. The summed E-state index contributed by atoms with van der Waals surface area (Å²) in [5.74, 6) is -1.13. The van der Waals surface area contributed by atoms with Crippen molar-refractivity contribution in [3.8, 4) is 6.07 Å². The minimum atomic E-state index is -0.697. The quantitative estimate of drug-likeness (QED) is 0.572. The molecule has 0 radical (unpaired) electrons. The fraction of sp³-hybridized carbons (Fsp3) is 0.444. The van der Waals surface area contributed by atoms with Crippen LogP contribution in [0.5, 0.6) is 0 Å². The highest BCUT2D eigenvalue weighted by Crippen LogP contribution is 2.31. The van der Waals surface area contributed by atoms with Gasteiger partial charge in [0, 0.05) is 0 Å². The number of hydrogen-bond donors (Lipinski definition) is 0. The molecule has 1 aromatic rings. The molecule has 22 heavy (non-hydrogen) atoms. The maximum absolute atomic E-state index is 11.5. The number of esters is 1. The Morgan fingerprint density at radius 3 is 2.77 bits per heavy atom. The molecule has 0 aliphatic heterocycles. The third-order valence-corrected chi connectivity index (χ3v) is 3.68. The molecule has 1 aliphatic carbocycles. The molecule has 116 valence electrons. The molecule has 4 nitrogen and oxygen atoms in total. The van der Waals surface area contributed by atoms with Crippen molar-refractivity contribution in [2.24, 2.45) is 5.92 Å². The zero-order valence-corrected chi connectivity index (χ0v) is 12.8. The van der Waals surface area contributed by atoms with Gasteiger partial charge in [-0.1, -0.05) is 42.0 Å². The van der Waals surface area contributed by atoms with Gasteiger partial charge in [-0.25, -0.2) is 0 Å². The molecule has 1 aliphatic rings. The molecule has 1 fully saturated rings. The van der Waals surface area contributed by atoms with Crippen molar-refractivity contribution in [1.82, 2.24) is 0 Å². The summed E-state index contributed by atoms with van der Waals surface area (Å²) < 4.78 is 10.7. The van der Waals surface area contributed by atoms with Crippen molar-refractivity contribution >= 4 is 5.97 Å². The van der Waals surface area contributed by atoms with Crippen molar-refractivity contribution < 1.29 is 14.3 Å². The largest absolute Gasteiger partial charge is 0.465 e. The summed E-state index contributed by atoms with van der Waals surface area (Å²) in [7, 11) is 0. The molecule has 1 atom stereocenters. The number of hydrogen-bond acceptors (Lipinski definition) is 4. The Kier molecular flexibility index (Phi) is 6.17. The van der Waals surface area contributed by atoms with E-state index in [0.29, 0.717) is 19.6 Å². The monoisotopic (exact) mass is 299 g/mol. The average Bonchev–Trinajstić information content (AvgIpc) is 2.50. The molecule has 0 spiro atoms. The van der Waals surface area contributed by atoms with Crippen LogP contribution in [-0.4, -0.2) is 18.7 Å². The number of rotatable bonds is 7. The summed E-state index contributed by atoms with van der Waals surface area (Å²) in [4.78, 5) is 11.5. The molecule has 0 amide bonds. The van der Waals surface area contributed by atoms with E-state index < -0.39 is 11.9 Å². The normalized spacial score (nSPS) is 18.0. The minimum absolute atomic E-state index is 0.245. The highest BCUT2D eigenvalue weighted by molar-refractivity contribution is 5.75. The third kappa shape index (κ3) is 4.71. The Morgan fingerprint density at radius 2 is 2.14 bits per heavy atom. The van der Waals surface area contributed by atoms with E-state index in [0.717, 1.165) is 12.8 Å². The van der Waals surface area contributed by atoms with Crippen LogP contribution in [0.2, 0.25) is 0 Å². The van der Waals surface area contributed by atoms with Gasteiger partial charge in [0.1, 0.15) is 5.92 Å². The fourth-order valence-electron chi connectivity index (χ4n) is 2.33. The van der Waals surface area contributed by atoms with Gasteiger partial charge in [0.2, 0.25) is 0 Å². The lowest BCUT2D eigenvalue weighted by molar-refractivity contribution is -0.145. The second kappa shape index (κ2) is 8.35. The van der Waals surface area contributed by atoms with E-state index in [2.05, 4.69) is 0 Å². The Hall–Kier alpha value is -2.12. The summed E-state index contributed by atoms with van der Waals surface area (Å²) >= 11 is 0. The van der Waals surface area contributed by atoms with E-state index in [1.807, 2.05) is 42.5 Å². The Labute approximate surface area is 131 Å². The molecular formula is C18H21NO3. The van der Waals surface area contributed by atoms with Gasteiger partial charge in [-0.2, -0.15) is 5.26 Å². The molecular weight excluding hydrogens is 278 g/mol. The lowest BCUT2D eigenvalue weighted by Gasteiger charge is -2.29. The summed E-state index contributed by atoms with van der Waals surface area (Å²) in [6.07, 6.45) is 4.42. The first-order chi connectivity index (χ1) is 10.7. The third-order valence-electron chi connectivity index (χ3n) is 3.68. The Morgan fingerprint density at radius 1 is 1.41 bits per heavy atom. The second-order valence-corrected chi connectivity index (χ2v) is 5.36. The van der Waals surface area contributed by atoms with E-state index in [1.165, 1.54) is 11.1 Å². The van der Waals surface area contributed by atoms with Gasteiger partial charge >= 0.3 is 5.97 Å². The van der Waals surface area contributed by atoms with Crippen LogP contribution in [0.4, 0.5) is 0 Å². The predicted molar refractivity (Wildman–Crippen MR) is 82.7 cm³/mol. The highest BCUT2D eigenvalue weighted by atomic mass is 16.5. The van der Waals surface area contributed by atoms with E-state index in [-0.39, 0.29) is 6.10 Å². The van der Waals surface area contributed by atoms with Crippen LogP contribution in [0.1, 0.15) is 31.7 Å². The van der Waals surface area contributed by atoms with Crippen molar-refractivity contribution in [3.63, 3.8) is 0 Å². The summed E-state index contributed by atoms with van der Waals surface area (Å²) in [5.41, 5.74) is 2.43. The smallest absolute Gasteiger partial charge is 0.323 e. The van der Waals surface area contributed by atoms with Gasteiger partial charge in [-0.05, 0) is 31.7 Å². The van der Waals surface area contributed by atoms with Crippen LogP contribution in [0.15, 0.2) is 42.0 Å². The number of allylic oxidation sites excluding steroid dienone is 1. The summed E-state index contributed by atoms with van der Waals surface area (Å²) in [5, 5.41) is 8.98. The lowest BCUT2D eigenvalue weighted by atomic mass is 9.87. The first kappa shape index (κ1) is 16.3. The van der Waals surface area contributed by atoms with E-state index >= 15 is 0 Å². The zero-order chi connectivity index (χ0) is 15.8. The van der Waals surface area contributed by atoms with E-state index in [4.69, 9.17) is 14.7 Å². The number of benzene rings is 1. The van der Waals surface area contributed by atoms with Crippen LogP contribution in [0, 0.1) is 17.2 Å². The number of carbonyl (C=O) groups is 1. The highest BCUT2D eigenvalue weighted by Gasteiger charge is 2.25. The van der Waals surface area contributed by atoms with Crippen molar-refractivity contribution in [2.45, 2.75) is 38.9 Å². The van der Waals surface area contributed by atoms with Gasteiger partial charge in [0.25, 0.3) is 0 Å². The van der Waals surface area contributed by atoms with E-state index in [1.54, 1.807) is 6.92 Å². The molecule has 4 heteroatoms. The van der Waals surface area contributed by atoms with Gasteiger partial charge in [-0.3, -0.25) is 4.79 Å². The maximum atomic E-state index is 11.5. The number of nitrogens with zero attached hydrogens (tertiary/aromatic N) is 1. The van der Waals surface area contributed by atoms with Crippen molar-refractivity contribution in [2.75, 3.05) is 6.61 Å². The summed E-state index contributed by atoms with van der Waals surface area (Å²) in [6.45, 7) is 2.68. The van der Waals surface area contributed by atoms with Crippen LogP contribution >= 0.6 is 0 Å². The topological polar surface area (TPSA) is 59.3 Å². The second-order valence-electron chi connectivity index (χ2n) is 5.36. The predicted octanol–water partition coefficient (Wildman–Crippen LogP) is 3.38. The van der Waals surface area contributed by atoms with Gasteiger partial charge < -0.3 is 9.47 Å². The SMILES string of the molecule is CCOC(=O)C(C#N)CC=C1CC(OCc2ccccc2)C1. The van der Waals surface area contributed by atoms with E-state index in [9.17, 15) is 4.79 Å². The molecule has 1 aromatic carbocycles. The fourth-order valence-corrected chi connectivity index (χ4v) is 2.33. The molecule has 1 unspecified atom stereocenters. The zero-order valence-electron chi connectivity index (χ0n) is 12.8. The van der Waals surface area contributed by atoms with Crippen LogP contribution in [-0.2, 0) is 20.9 Å². The Balaban J connectivity index is 1.69. The molecule has 0 N–H and O–H groups in total. The maximum Gasteiger partial charge on any atom is 0.323 e. The first-order valence-electron chi connectivity index (χ1n) is 7.62.